The molecule has 1 saturated carbocycles. The van der Waals surface area contributed by atoms with Crippen LogP contribution in [0.25, 0.3) is 0 Å². The van der Waals surface area contributed by atoms with Gasteiger partial charge in [0.25, 0.3) is 0 Å². The van der Waals surface area contributed by atoms with E-state index in [2.05, 4.69) is 36.9 Å². The van der Waals surface area contributed by atoms with Gasteiger partial charge >= 0.3 is 0 Å². The van der Waals surface area contributed by atoms with Crippen LogP contribution in [-0.2, 0) is 6.54 Å². The fourth-order valence-corrected chi connectivity index (χ4v) is 2.11. The van der Waals surface area contributed by atoms with Crippen molar-refractivity contribution < 1.29 is 0 Å². The Morgan fingerprint density at radius 3 is 2.79 bits per heavy atom. The summed E-state index contributed by atoms with van der Waals surface area (Å²) >= 11 is 0. The number of hydrazone groups is 1. The summed E-state index contributed by atoms with van der Waals surface area (Å²) in [5, 5.41) is 3.79. The fourth-order valence-electron chi connectivity index (χ4n) is 2.11. The monoisotopic (exact) mass is 318 g/mol. The minimum absolute atomic E-state index is 0.365. The second-order valence-corrected chi connectivity index (χ2v) is 5.58. The quantitative estimate of drug-likeness (QED) is 0.403. The van der Waals surface area contributed by atoms with Gasteiger partial charge in [0.1, 0.15) is 11.5 Å². The van der Waals surface area contributed by atoms with Crippen molar-refractivity contribution in [3.8, 4) is 11.8 Å². The Labute approximate surface area is 141 Å². The highest BCUT2D eigenvalue weighted by molar-refractivity contribution is 6.37. The van der Waals surface area contributed by atoms with Crippen LogP contribution >= 0.6 is 0 Å². The first-order chi connectivity index (χ1) is 11.8. The second-order valence-electron chi connectivity index (χ2n) is 5.58. The molecule has 2 heterocycles. The van der Waals surface area contributed by atoms with Gasteiger partial charge in [0.15, 0.2) is 0 Å². The lowest BCUT2D eigenvalue weighted by Gasteiger charge is -2.04. The molecule has 6 nitrogen and oxygen atoms in total. The minimum atomic E-state index is 0.365. The standard InChI is InChI=1S/C18H18N6/c1-13-9-15(6-5-14-3-4-14)10-23-18(13)16(24-19)11-20-12-17-21-7-2-8-22-17/h2,7-11,14H,3-4,12,19H2,1H3/b20-11?,24-16+. The molecular weight excluding hydrogens is 300 g/mol. The maximum atomic E-state index is 5.50. The molecule has 2 aromatic rings. The van der Waals surface area contributed by atoms with Crippen molar-refractivity contribution in [2.45, 2.75) is 26.3 Å². The van der Waals surface area contributed by atoms with Crippen molar-refractivity contribution >= 4 is 11.9 Å². The number of aliphatic imine (C=N–C) groups is 1. The van der Waals surface area contributed by atoms with Crippen molar-refractivity contribution in [2.75, 3.05) is 0 Å². The number of rotatable bonds is 4. The van der Waals surface area contributed by atoms with E-state index >= 15 is 0 Å². The van der Waals surface area contributed by atoms with Crippen LogP contribution in [0.2, 0.25) is 0 Å². The van der Waals surface area contributed by atoms with Crippen LogP contribution in [-0.4, -0.2) is 26.9 Å². The first-order valence-electron chi connectivity index (χ1n) is 7.78. The van der Waals surface area contributed by atoms with E-state index in [1.54, 1.807) is 30.9 Å². The molecule has 0 bridgehead atoms. The highest BCUT2D eigenvalue weighted by Gasteiger charge is 2.17. The zero-order valence-corrected chi connectivity index (χ0v) is 13.5. The van der Waals surface area contributed by atoms with Gasteiger partial charge in [-0.3, -0.25) is 9.98 Å². The Morgan fingerprint density at radius 2 is 2.12 bits per heavy atom. The molecule has 2 N–H and O–H groups in total. The van der Waals surface area contributed by atoms with Gasteiger partial charge < -0.3 is 5.84 Å². The number of aromatic nitrogens is 3. The topological polar surface area (TPSA) is 89.4 Å². The third-order valence-corrected chi connectivity index (χ3v) is 3.52. The molecule has 0 spiro atoms. The molecule has 1 fully saturated rings. The number of hydrogen-bond donors (Lipinski definition) is 1. The summed E-state index contributed by atoms with van der Waals surface area (Å²) in [7, 11) is 0. The van der Waals surface area contributed by atoms with E-state index in [0.29, 0.717) is 29.7 Å². The molecule has 0 aliphatic heterocycles. The summed E-state index contributed by atoms with van der Waals surface area (Å²) in [6, 6.07) is 3.76. The summed E-state index contributed by atoms with van der Waals surface area (Å²) < 4.78 is 0. The number of pyridine rings is 1. The van der Waals surface area contributed by atoms with Gasteiger partial charge in [-0.05, 0) is 37.5 Å². The highest BCUT2D eigenvalue weighted by atomic mass is 15.1. The Morgan fingerprint density at radius 1 is 1.33 bits per heavy atom. The lowest BCUT2D eigenvalue weighted by molar-refractivity contribution is 0.913. The maximum Gasteiger partial charge on any atom is 0.149 e. The summed E-state index contributed by atoms with van der Waals surface area (Å²) in [5.74, 6) is 13.1. The molecular formula is C18H18N6. The molecule has 1 aliphatic rings. The predicted molar refractivity (Wildman–Crippen MR) is 93.5 cm³/mol. The van der Waals surface area contributed by atoms with Crippen LogP contribution in [0.4, 0.5) is 0 Å². The van der Waals surface area contributed by atoms with Crippen molar-refractivity contribution in [1.82, 2.24) is 15.0 Å². The summed E-state index contributed by atoms with van der Waals surface area (Å²) in [6.07, 6.45) is 9.14. The Bertz CT molecular complexity index is 826. The van der Waals surface area contributed by atoms with Gasteiger partial charge in [0.05, 0.1) is 18.5 Å². The minimum Gasteiger partial charge on any atom is -0.323 e. The Kier molecular flexibility index (Phi) is 4.92. The molecule has 1 aliphatic carbocycles. The SMILES string of the molecule is Cc1cc(C#CC2CC2)cnc1/C(C=NCc1ncccn1)=N/N. The average molecular weight is 318 g/mol. The van der Waals surface area contributed by atoms with Crippen molar-refractivity contribution in [3.63, 3.8) is 0 Å². The van der Waals surface area contributed by atoms with Crippen LogP contribution in [0.3, 0.4) is 0 Å². The first kappa shape index (κ1) is 15.8. The van der Waals surface area contributed by atoms with Gasteiger partial charge in [0, 0.05) is 30.1 Å². The van der Waals surface area contributed by atoms with Crippen LogP contribution in [0, 0.1) is 24.7 Å². The fraction of sp³-hybridized carbons (Fsp3) is 0.278. The van der Waals surface area contributed by atoms with Gasteiger partial charge in [-0.25, -0.2) is 9.97 Å². The average Bonchev–Trinajstić information content (AvgIpc) is 3.43. The van der Waals surface area contributed by atoms with E-state index in [-0.39, 0.29) is 0 Å². The van der Waals surface area contributed by atoms with Crippen LogP contribution in [0.1, 0.15) is 35.5 Å². The van der Waals surface area contributed by atoms with Gasteiger partial charge in [-0.15, -0.1) is 0 Å². The van der Waals surface area contributed by atoms with Gasteiger partial charge in [0.2, 0.25) is 0 Å². The van der Waals surface area contributed by atoms with E-state index in [1.807, 2.05) is 13.0 Å². The van der Waals surface area contributed by atoms with Gasteiger partial charge in [-0.2, -0.15) is 5.10 Å². The van der Waals surface area contributed by atoms with E-state index in [4.69, 9.17) is 5.84 Å². The molecule has 0 aromatic carbocycles. The number of hydrogen-bond acceptors (Lipinski definition) is 6. The van der Waals surface area contributed by atoms with E-state index in [9.17, 15) is 0 Å². The molecule has 0 amide bonds. The third-order valence-electron chi connectivity index (χ3n) is 3.52. The summed E-state index contributed by atoms with van der Waals surface area (Å²) in [5.41, 5.74) is 3.09. The summed E-state index contributed by atoms with van der Waals surface area (Å²) in [4.78, 5) is 17.0. The number of nitrogens with two attached hydrogens (primary N) is 1. The second kappa shape index (κ2) is 7.47. The molecule has 24 heavy (non-hydrogen) atoms. The Balaban J connectivity index is 1.72. The summed E-state index contributed by atoms with van der Waals surface area (Å²) in [6.45, 7) is 2.33. The largest absolute Gasteiger partial charge is 0.323 e. The maximum absolute atomic E-state index is 5.50. The third kappa shape index (κ3) is 4.23. The zero-order valence-electron chi connectivity index (χ0n) is 13.5. The van der Waals surface area contributed by atoms with E-state index in [0.717, 1.165) is 11.1 Å². The van der Waals surface area contributed by atoms with Crippen LogP contribution in [0.15, 0.2) is 40.8 Å². The molecule has 3 rings (SSSR count). The smallest absolute Gasteiger partial charge is 0.149 e. The number of aryl methyl sites for hydroxylation is 1. The van der Waals surface area contributed by atoms with E-state index in [1.165, 1.54) is 12.8 Å². The predicted octanol–water partition coefficient (Wildman–Crippen LogP) is 1.88. The normalized spacial score (nSPS) is 14.5. The molecule has 0 saturated heterocycles. The molecule has 6 heteroatoms. The van der Waals surface area contributed by atoms with Crippen molar-refractivity contribution in [2.24, 2.45) is 21.9 Å². The van der Waals surface area contributed by atoms with Gasteiger partial charge in [-0.1, -0.05) is 11.8 Å². The van der Waals surface area contributed by atoms with Crippen molar-refractivity contribution in [1.29, 1.82) is 0 Å². The van der Waals surface area contributed by atoms with E-state index < -0.39 is 0 Å². The molecule has 0 unspecified atom stereocenters. The number of nitrogens with zero attached hydrogens (tertiary/aromatic N) is 5. The highest BCUT2D eigenvalue weighted by Crippen LogP contribution is 2.27. The van der Waals surface area contributed by atoms with Crippen LogP contribution in [0.5, 0.6) is 0 Å². The van der Waals surface area contributed by atoms with Crippen molar-refractivity contribution in [3.05, 3.63) is 53.4 Å². The Hall–Kier alpha value is -3.07. The lowest BCUT2D eigenvalue weighted by Crippen LogP contribution is -2.11. The first-order valence-corrected chi connectivity index (χ1v) is 7.78. The molecule has 0 atom stereocenters. The van der Waals surface area contributed by atoms with Crippen LogP contribution < -0.4 is 5.84 Å². The molecule has 120 valence electrons. The lowest BCUT2D eigenvalue weighted by atomic mass is 10.1. The zero-order chi connectivity index (χ0) is 16.8. The molecule has 2 aromatic heterocycles. The molecule has 0 radical (unpaired) electrons.